The lowest BCUT2D eigenvalue weighted by molar-refractivity contribution is 0.654. The molecule has 0 bridgehead atoms. The van der Waals surface area contributed by atoms with E-state index >= 15 is 0 Å². The van der Waals surface area contributed by atoms with Gasteiger partial charge in [0.25, 0.3) is 0 Å². The maximum absolute atomic E-state index is 6.00. The Morgan fingerprint density at radius 3 is 2.90 bits per heavy atom. The molecule has 0 saturated carbocycles. The smallest absolute Gasteiger partial charge is 0.0492 e. The Hall–Kier alpha value is -1.81. The van der Waals surface area contributed by atoms with Crippen molar-refractivity contribution in [2.24, 2.45) is 12.8 Å². The summed E-state index contributed by atoms with van der Waals surface area (Å²) in [6, 6.07) is 8.92. The zero-order valence-electron chi connectivity index (χ0n) is 12.9. The maximum Gasteiger partial charge on any atom is 0.0492 e. The molecule has 1 atom stereocenters. The molecule has 2 N–H and O–H groups in total. The SMILES string of the molecule is CC(N)c1ccc2c(c1)CCCN2CCc1ccnn1C. The molecule has 3 rings (SSSR count). The summed E-state index contributed by atoms with van der Waals surface area (Å²) in [6.07, 6.45) is 5.29. The van der Waals surface area contributed by atoms with Crippen LogP contribution in [0.25, 0.3) is 0 Å². The minimum absolute atomic E-state index is 0.111. The zero-order valence-corrected chi connectivity index (χ0v) is 12.9. The van der Waals surface area contributed by atoms with Crippen molar-refractivity contribution in [3.05, 3.63) is 47.3 Å². The number of nitrogens with two attached hydrogens (primary N) is 1. The molecule has 1 unspecified atom stereocenters. The number of hydrogen-bond donors (Lipinski definition) is 1. The normalized spacial score (nSPS) is 15.9. The second-order valence-electron chi connectivity index (χ2n) is 5.96. The molecule has 112 valence electrons. The number of nitrogens with zero attached hydrogens (tertiary/aromatic N) is 3. The third-order valence-corrected chi connectivity index (χ3v) is 4.40. The van der Waals surface area contributed by atoms with Gasteiger partial charge < -0.3 is 10.6 Å². The Balaban J connectivity index is 1.76. The van der Waals surface area contributed by atoms with Crippen LogP contribution >= 0.6 is 0 Å². The molecule has 0 spiro atoms. The summed E-state index contributed by atoms with van der Waals surface area (Å²) in [5.41, 5.74) is 11.3. The van der Waals surface area contributed by atoms with Gasteiger partial charge in [-0.25, -0.2) is 0 Å². The van der Waals surface area contributed by atoms with E-state index in [1.54, 1.807) is 0 Å². The first kappa shape index (κ1) is 14.1. The second-order valence-corrected chi connectivity index (χ2v) is 5.96. The number of fused-ring (bicyclic) bond motifs is 1. The van der Waals surface area contributed by atoms with E-state index in [9.17, 15) is 0 Å². The summed E-state index contributed by atoms with van der Waals surface area (Å²) in [4.78, 5) is 2.50. The number of benzene rings is 1. The van der Waals surface area contributed by atoms with Gasteiger partial charge in [-0.3, -0.25) is 4.68 Å². The topological polar surface area (TPSA) is 47.1 Å². The molecule has 0 aliphatic carbocycles. The summed E-state index contributed by atoms with van der Waals surface area (Å²) in [5, 5.41) is 4.24. The van der Waals surface area contributed by atoms with Crippen LogP contribution < -0.4 is 10.6 Å². The van der Waals surface area contributed by atoms with Crippen LogP contribution in [-0.4, -0.2) is 22.9 Å². The van der Waals surface area contributed by atoms with Crippen molar-refractivity contribution in [1.29, 1.82) is 0 Å². The lowest BCUT2D eigenvalue weighted by Gasteiger charge is -2.32. The molecule has 1 aromatic carbocycles. The van der Waals surface area contributed by atoms with E-state index in [0.29, 0.717) is 0 Å². The van der Waals surface area contributed by atoms with Gasteiger partial charge in [-0.1, -0.05) is 12.1 Å². The molecule has 1 aromatic heterocycles. The number of rotatable bonds is 4. The van der Waals surface area contributed by atoms with Gasteiger partial charge in [-0.2, -0.15) is 5.10 Å². The van der Waals surface area contributed by atoms with E-state index in [1.165, 1.54) is 28.9 Å². The average Bonchev–Trinajstić information content (AvgIpc) is 2.89. The Morgan fingerprint density at radius 2 is 2.19 bits per heavy atom. The van der Waals surface area contributed by atoms with E-state index in [1.807, 2.05) is 24.9 Å². The molecule has 0 amide bonds. The summed E-state index contributed by atoms with van der Waals surface area (Å²) in [5.74, 6) is 0. The van der Waals surface area contributed by atoms with Crippen molar-refractivity contribution in [1.82, 2.24) is 9.78 Å². The van der Waals surface area contributed by atoms with Gasteiger partial charge >= 0.3 is 0 Å². The maximum atomic E-state index is 6.00. The van der Waals surface area contributed by atoms with E-state index in [4.69, 9.17) is 5.73 Å². The van der Waals surface area contributed by atoms with E-state index < -0.39 is 0 Å². The zero-order chi connectivity index (χ0) is 14.8. The Labute approximate surface area is 126 Å². The van der Waals surface area contributed by atoms with Crippen molar-refractivity contribution >= 4 is 5.69 Å². The first-order valence-electron chi connectivity index (χ1n) is 7.75. The van der Waals surface area contributed by atoms with E-state index in [0.717, 1.165) is 25.9 Å². The van der Waals surface area contributed by atoms with Crippen molar-refractivity contribution in [3.8, 4) is 0 Å². The van der Waals surface area contributed by atoms with Crippen LogP contribution in [0, 0.1) is 0 Å². The van der Waals surface area contributed by atoms with Gasteiger partial charge in [-0.15, -0.1) is 0 Å². The second kappa shape index (κ2) is 5.90. The monoisotopic (exact) mass is 284 g/mol. The molecule has 4 heteroatoms. The molecule has 0 saturated heterocycles. The molecule has 2 aromatic rings. The van der Waals surface area contributed by atoms with Crippen molar-refractivity contribution in [2.45, 2.75) is 32.2 Å². The fraction of sp³-hybridized carbons (Fsp3) is 0.471. The predicted octanol–water partition coefficient (Wildman–Crippen LogP) is 2.44. The highest BCUT2D eigenvalue weighted by Crippen LogP contribution is 2.29. The van der Waals surface area contributed by atoms with Crippen molar-refractivity contribution < 1.29 is 0 Å². The van der Waals surface area contributed by atoms with Crippen LogP contribution in [0.1, 0.15) is 36.2 Å². The number of aryl methyl sites for hydroxylation is 2. The highest BCUT2D eigenvalue weighted by Gasteiger charge is 2.17. The third kappa shape index (κ3) is 2.95. The Kier molecular flexibility index (Phi) is 3.97. The Bertz CT molecular complexity index is 615. The summed E-state index contributed by atoms with van der Waals surface area (Å²) >= 11 is 0. The fourth-order valence-corrected chi connectivity index (χ4v) is 3.11. The summed E-state index contributed by atoms with van der Waals surface area (Å²) in [6.45, 7) is 4.23. The first-order chi connectivity index (χ1) is 10.1. The van der Waals surface area contributed by atoms with Gasteiger partial charge in [0.1, 0.15) is 0 Å². The Morgan fingerprint density at radius 1 is 1.33 bits per heavy atom. The van der Waals surface area contributed by atoms with Gasteiger partial charge in [-0.05, 0) is 43.0 Å². The molecule has 0 radical (unpaired) electrons. The number of aromatic nitrogens is 2. The minimum atomic E-state index is 0.111. The molecule has 21 heavy (non-hydrogen) atoms. The molecule has 4 nitrogen and oxygen atoms in total. The molecule has 2 heterocycles. The molecule has 1 aliphatic rings. The lowest BCUT2D eigenvalue weighted by Crippen LogP contribution is -2.31. The molecule has 0 fully saturated rings. The van der Waals surface area contributed by atoms with Crippen LogP contribution in [-0.2, 0) is 19.9 Å². The van der Waals surface area contributed by atoms with E-state index in [2.05, 4.69) is 34.3 Å². The van der Waals surface area contributed by atoms with Gasteiger partial charge in [0.2, 0.25) is 0 Å². The van der Waals surface area contributed by atoms with Gasteiger partial charge in [0, 0.05) is 50.2 Å². The van der Waals surface area contributed by atoms with Crippen molar-refractivity contribution in [2.75, 3.05) is 18.0 Å². The van der Waals surface area contributed by atoms with Crippen LogP contribution in [0.5, 0.6) is 0 Å². The van der Waals surface area contributed by atoms with Gasteiger partial charge in [0.05, 0.1) is 0 Å². The van der Waals surface area contributed by atoms with Crippen LogP contribution in [0.2, 0.25) is 0 Å². The van der Waals surface area contributed by atoms with Crippen LogP contribution in [0.4, 0.5) is 5.69 Å². The largest absolute Gasteiger partial charge is 0.371 e. The van der Waals surface area contributed by atoms with Gasteiger partial charge in [0.15, 0.2) is 0 Å². The van der Waals surface area contributed by atoms with Crippen LogP contribution in [0.3, 0.4) is 0 Å². The summed E-state index contributed by atoms with van der Waals surface area (Å²) in [7, 11) is 2.01. The quantitative estimate of drug-likeness (QED) is 0.938. The average molecular weight is 284 g/mol. The molecular weight excluding hydrogens is 260 g/mol. The fourth-order valence-electron chi connectivity index (χ4n) is 3.11. The highest BCUT2D eigenvalue weighted by atomic mass is 15.3. The van der Waals surface area contributed by atoms with E-state index in [-0.39, 0.29) is 6.04 Å². The standard InChI is InChI=1S/C17H24N4/c1-13(18)14-5-6-17-15(12-14)4-3-10-21(17)11-8-16-7-9-19-20(16)2/h5-7,9,12-13H,3-4,8,10-11,18H2,1-2H3. The summed E-state index contributed by atoms with van der Waals surface area (Å²) < 4.78 is 1.96. The minimum Gasteiger partial charge on any atom is -0.371 e. The number of hydrogen-bond acceptors (Lipinski definition) is 3. The molecular formula is C17H24N4. The first-order valence-corrected chi connectivity index (χ1v) is 7.75. The number of anilines is 1. The van der Waals surface area contributed by atoms with Crippen molar-refractivity contribution in [3.63, 3.8) is 0 Å². The molecule has 1 aliphatic heterocycles. The predicted molar refractivity (Wildman–Crippen MR) is 86.5 cm³/mol. The lowest BCUT2D eigenvalue weighted by atomic mass is 9.97. The highest BCUT2D eigenvalue weighted by molar-refractivity contribution is 5.57. The van der Waals surface area contributed by atoms with Crippen LogP contribution in [0.15, 0.2) is 30.5 Å². The third-order valence-electron chi connectivity index (χ3n) is 4.40.